The van der Waals surface area contributed by atoms with Gasteiger partial charge in [0.15, 0.2) is 0 Å². The van der Waals surface area contributed by atoms with E-state index in [4.69, 9.17) is 5.73 Å². The Morgan fingerprint density at radius 1 is 1.47 bits per heavy atom. The van der Waals surface area contributed by atoms with Crippen LogP contribution < -0.4 is 5.73 Å². The Morgan fingerprint density at radius 2 is 2.29 bits per heavy atom. The Labute approximate surface area is 104 Å². The van der Waals surface area contributed by atoms with Crippen LogP contribution in [0.3, 0.4) is 0 Å². The molecule has 17 heavy (non-hydrogen) atoms. The van der Waals surface area contributed by atoms with Crippen molar-refractivity contribution in [2.75, 3.05) is 13.1 Å². The number of likely N-dealkylation sites (N-methyl/N-ethyl adjacent to an activating group) is 1. The van der Waals surface area contributed by atoms with Crippen LogP contribution in [0.4, 0.5) is 0 Å². The SMILES string of the molecule is CCCn1cncc1C1C(N)CCCN1CC. The molecular weight excluding hydrogens is 212 g/mol. The minimum absolute atomic E-state index is 0.246. The summed E-state index contributed by atoms with van der Waals surface area (Å²) in [6.07, 6.45) is 7.41. The van der Waals surface area contributed by atoms with Crippen LogP contribution in [0.2, 0.25) is 0 Å². The second-order valence-corrected chi connectivity index (χ2v) is 4.89. The lowest BCUT2D eigenvalue weighted by Gasteiger charge is -2.39. The molecule has 0 aliphatic carbocycles. The highest BCUT2D eigenvalue weighted by atomic mass is 15.2. The summed E-state index contributed by atoms with van der Waals surface area (Å²) < 4.78 is 2.26. The van der Waals surface area contributed by atoms with Gasteiger partial charge < -0.3 is 10.3 Å². The highest BCUT2D eigenvalue weighted by Gasteiger charge is 2.31. The zero-order valence-corrected chi connectivity index (χ0v) is 11.0. The Hall–Kier alpha value is -0.870. The summed E-state index contributed by atoms with van der Waals surface area (Å²) >= 11 is 0. The number of hydrogen-bond donors (Lipinski definition) is 1. The lowest BCUT2D eigenvalue weighted by molar-refractivity contribution is 0.129. The van der Waals surface area contributed by atoms with Gasteiger partial charge in [0.1, 0.15) is 0 Å². The van der Waals surface area contributed by atoms with E-state index in [1.165, 1.54) is 12.1 Å². The average molecular weight is 236 g/mol. The number of likely N-dealkylation sites (tertiary alicyclic amines) is 1. The summed E-state index contributed by atoms with van der Waals surface area (Å²) in [5, 5.41) is 0. The predicted molar refractivity (Wildman–Crippen MR) is 69.7 cm³/mol. The van der Waals surface area contributed by atoms with Gasteiger partial charge in [-0.05, 0) is 32.4 Å². The van der Waals surface area contributed by atoms with Crippen molar-refractivity contribution < 1.29 is 0 Å². The van der Waals surface area contributed by atoms with E-state index in [1.807, 2.05) is 12.5 Å². The monoisotopic (exact) mass is 236 g/mol. The molecule has 0 spiro atoms. The Balaban J connectivity index is 2.24. The number of nitrogens with two attached hydrogens (primary N) is 1. The summed E-state index contributed by atoms with van der Waals surface area (Å²) in [6.45, 7) is 7.67. The van der Waals surface area contributed by atoms with E-state index in [0.717, 1.165) is 32.5 Å². The maximum Gasteiger partial charge on any atom is 0.0948 e. The fraction of sp³-hybridized carbons (Fsp3) is 0.769. The average Bonchev–Trinajstić information content (AvgIpc) is 2.77. The fourth-order valence-electron chi connectivity index (χ4n) is 2.86. The molecule has 1 saturated heterocycles. The van der Waals surface area contributed by atoms with Crippen molar-refractivity contribution in [1.82, 2.24) is 14.5 Å². The first-order valence-electron chi connectivity index (χ1n) is 6.77. The van der Waals surface area contributed by atoms with E-state index >= 15 is 0 Å². The molecule has 1 aromatic heterocycles. The van der Waals surface area contributed by atoms with Crippen LogP contribution in [-0.2, 0) is 6.54 Å². The van der Waals surface area contributed by atoms with Gasteiger partial charge >= 0.3 is 0 Å². The van der Waals surface area contributed by atoms with Gasteiger partial charge in [0, 0.05) is 18.8 Å². The molecule has 4 heteroatoms. The Bertz CT molecular complexity index is 347. The number of rotatable bonds is 4. The molecule has 0 amide bonds. The number of imidazole rings is 1. The second-order valence-electron chi connectivity index (χ2n) is 4.89. The minimum Gasteiger partial charge on any atom is -0.333 e. The normalized spacial score (nSPS) is 26.3. The molecule has 1 fully saturated rings. The zero-order valence-electron chi connectivity index (χ0n) is 11.0. The summed E-state index contributed by atoms with van der Waals surface area (Å²) in [6, 6.07) is 0.596. The molecule has 0 aromatic carbocycles. The fourth-order valence-corrected chi connectivity index (χ4v) is 2.86. The standard InChI is InChI=1S/C13H24N4/c1-3-7-17-10-15-9-12(17)13-11(14)6-5-8-16(13)4-2/h9-11,13H,3-8,14H2,1-2H3. The van der Waals surface area contributed by atoms with E-state index in [0.29, 0.717) is 6.04 Å². The van der Waals surface area contributed by atoms with Crippen LogP contribution in [0, 0.1) is 0 Å². The van der Waals surface area contributed by atoms with Crippen molar-refractivity contribution in [3.63, 3.8) is 0 Å². The largest absolute Gasteiger partial charge is 0.333 e. The van der Waals surface area contributed by atoms with Crippen LogP contribution in [0.5, 0.6) is 0 Å². The van der Waals surface area contributed by atoms with Crippen LogP contribution in [0.1, 0.15) is 44.8 Å². The van der Waals surface area contributed by atoms with Gasteiger partial charge in [-0.1, -0.05) is 13.8 Å². The molecule has 2 rings (SSSR count). The minimum atomic E-state index is 0.246. The van der Waals surface area contributed by atoms with E-state index in [1.54, 1.807) is 0 Å². The molecule has 2 unspecified atom stereocenters. The topological polar surface area (TPSA) is 47.1 Å². The number of hydrogen-bond acceptors (Lipinski definition) is 3. The van der Waals surface area contributed by atoms with E-state index < -0.39 is 0 Å². The number of piperidine rings is 1. The third-order valence-electron chi connectivity index (χ3n) is 3.70. The van der Waals surface area contributed by atoms with Gasteiger partial charge in [0.2, 0.25) is 0 Å². The molecule has 2 heterocycles. The van der Waals surface area contributed by atoms with Crippen LogP contribution in [0.25, 0.3) is 0 Å². The second kappa shape index (κ2) is 5.65. The maximum absolute atomic E-state index is 6.32. The molecule has 0 saturated carbocycles. The molecule has 1 aliphatic heterocycles. The lowest BCUT2D eigenvalue weighted by atomic mass is 9.94. The predicted octanol–water partition coefficient (Wildman–Crippen LogP) is 1.78. The van der Waals surface area contributed by atoms with Crippen LogP contribution in [-0.4, -0.2) is 33.6 Å². The molecule has 2 N–H and O–H groups in total. The Morgan fingerprint density at radius 3 is 3.00 bits per heavy atom. The van der Waals surface area contributed by atoms with Crippen molar-refractivity contribution in [2.24, 2.45) is 5.73 Å². The highest BCUT2D eigenvalue weighted by Crippen LogP contribution is 2.29. The van der Waals surface area contributed by atoms with Crippen molar-refractivity contribution in [1.29, 1.82) is 0 Å². The number of aromatic nitrogens is 2. The lowest BCUT2D eigenvalue weighted by Crippen LogP contribution is -2.46. The van der Waals surface area contributed by atoms with E-state index in [9.17, 15) is 0 Å². The molecular formula is C13H24N4. The summed E-state index contributed by atoms with van der Waals surface area (Å²) in [5.74, 6) is 0. The molecule has 96 valence electrons. The van der Waals surface area contributed by atoms with E-state index in [-0.39, 0.29) is 6.04 Å². The van der Waals surface area contributed by atoms with Gasteiger partial charge in [0.05, 0.1) is 18.1 Å². The molecule has 1 aliphatic rings. The van der Waals surface area contributed by atoms with Gasteiger partial charge in [0.25, 0.3) is 0 Å². The summed E-state index contributed by atoms with van der Waals surface area (Å²) in [7, 11) is 0. The highest BCUT2D eigenvalue weighted by molar-refractivity contribution is 5.10. The Kier molecular flexibility index (Phi) is 4.18. The first-order chi connectivity index (χ1) is 8.27. The first kappa shape index (κ1) is 12.6. The molecule has 4 nitrogen and oxygen atoms in total. The summed E-state index contributed by atoms with van der Waals surface area (Å²) in [5.41, 5.74) is 7.61. The number of nitrogens with zero attached hydrogens (tertiary/aromatic N) is 3. The van der Waals surface area contributed by atoms with Gasteiger partial charge in [-0.25, -0.2) is 4.98 Å². The van der Waals surface area contributed by atoms with Gasteiger partial charge in [-0.2, -0.15) is 0 Å². The van der Waals surface area contributed by atoms with E-state index in [2.05, 4.69) is 28.3 Å². The smallest absolute Gasteiger partial charge is 0.0948 e. The quantitative estimate of drug-likeness (QED) is 0.867. The molecule has 0 bridgehead atoms. The number of aryl methyl sites for hydroxylation is 1. The van der Waals surface area contributed by atoms with Crippen molar-refractivity contribution in [3.05, 3.63) is 18.2 Å². The molecule has 0 radical (unpaired) electrons. The van der Waals surface area contributed by atoms with Crippen molar-refractivity contribution in [3.8, 4) is 0 Å². The van der Waals surface area contributed by atoms with Crippen LogP contribution in [0.15, 0.2) is 12.5 Å². The first-order valence-corrected chi connectivity index (χ1v) is 6.77. The third kappa shape index (κ3) is 2.53. The van der Waals surface area contributed by atoms with Gasteiger partial charge in [-0.3, -0.25) is 4.90 Å². The third-order valence-corrected chi connectivity index (χ3v) is 3.70. The molecule has 2 atom stereocenters. The van der Waals surface area contributed by atoms with Crippen molar-refractivity contribution in [2.45, 2.75) is 51.7 Å². The van der Waals surface area contributed by atoms with Gasteiger partial charge in [-0.15, -0.1) is 0 Å². The summed E-state index contributed by atoms with van der Waals surface area (Å²) in [4.78, 5) is 6.78. The van der Waals surface area contributed by atoms with Crippen LogP contribution >= 0.6 is 0 Å². The molecule has 1 aromatic rings. The zero-order chi connectivity index (χ0) is 12.3. The van der Waals surface area contributed by atoms with Crippen molar-refractivity contribution >= 4 is 0 Å². The maximum atomic E-state index is 6.32.